The Morgan fingerprint density at radius 3 is 2.74 bits per heavy atom. The van der Waals surface area contributed by atoms with Gasteiger partial charge in [-0.3, -0.25) is 4.79 Å². The highest BCUT2D eigenvalue weighted by Crippen LogP contribution is 2.26. The lowest BCUT2D eigenvalue weighted by Crippen LogP contribution is -2.38. The van der Waals surface area contributed by atoms with E-state index in [4.69, 9.17) is 17.0 Å². The Bertz CT molecular complexity index is 530. The molecule has 0 atom stereocenters. The van der Waals surface area contributed by atoms with Crippen molar-refractivity contribution in [2.75, 3.05) is 36.5 Å². The van der Waals surface area contributed by atoms with Crippen LogP contribution in [0.2, 0.25) is 0 Å². The second kappa shape index (κ2) is 9.47. The van der Waals surface area contributed by atoms with Crippen LogP contribution < -0.4 is 15.5 Å². The molecule has 0 aliphatic carbocycles. The maximum atomic E-state index is 11.8. The predicted molar refractivity (Wildman–Crippen MR) is 98.0 cm³/mol. The highest BCUT2D eigenvalue weighted by molar-refractivity contribution is 7.80. The molecular formula is C17H25N3O2S. The Balaban J connectivity index is 1.91. The van der Waals surface area contributed by atoms with Gasteiger partial charge < -0.3 is 20.3 Å². The molecule has 126 valence electrons. The van der Waals surface area contributed by atoms with E-state index in [0.29, 0.717) is 11.5 Å². The molecule has 1 aliphatic heterocycles. The van der Waals surface area contributed by atoms with E-state index in [2.05, 4.69) is 28.5 Å². The number of thiocarbonyl (C=S) groups is 1. The first-order chi connectivity index (χ1) is 11.2. The number of morpholine rings is 1. The SMILES string of the molecule is CCCCCC(=O)NC(=S)Nc1ccccc1N1CCOCC1. The molecule has 0 spiro atoms. The standard InChI is InChI=1S/C17H25N3O2S/c1-2-3-4-9-16(21)19-17(23)18-14-7-5-6-8-15(14)20-10-12-22-13-11-20/h5-8H,2-4,9-13H2,1H3,(H2,18,19,21,23). The van der Waals surface area contributed by atoms with Crippen molar-refractivity contribution in [3.63, 3.8) is 0 Å². The van der Waals surface area contributed by atoms with E-state index < -0.39 is 0 Å². The molecule has 0 bridgehead atoms. The summed E-state index contributed by atoms with van der Waals surface area (Å²) in [6, 6.07) is 7.99. The van der Waals surface area contributed by atoms with Gasteiger partial charge in [-0.15, -0.1) is 0 Å². The third-order valence-electron chi connectivity index (χ3n) is 3.76. The van der Waals surface area contributed by atoms with Gasteiger partial charge in [-0.05, 0) is 30.8 Å². The molecule has 1 fully saturated rings. The first-order valence-electron chi connectivity index (χ1n) is 8.23. The number of anilines is 2. The van der Waals surface area contributed by atoms with Crippen molar-refractivity contribution in [2.45, 2.75) is 32.6 Å². The van der Waals surface area contributed by atoms with Crippen LogP contribution in [0.1, 0.15) is 32.6 Å². The summed E-state index contributed by atoms with van der Waals surface area (Å²) >= 11 is 5.27. The van der Waals surface area contributed by atoms with Crippen molar-refractivity contribution >= 4 is 34.6 Å². The number of carbonyl (C=O) groups excluding carboxylic acids is 1. The molecule has 1 saturated heterocycles. The maximum Gasteiger partial charge on any atom is 0.226 e. The third-order valence-corrected chi connectivity index (χ3v) is 3.97. The quantitative estimate of drug-likeness (QED) is 0.618. The molecule has 0 radical (unpaired) electrons. The van der Waals surface area contributed by atoms with Gasteiger partial charge >= 0.3 is 0 Å². The van der Waals surface area contributed by atoms with Gasteiger partial charge in [0.25, 0.3) is 0 Å². The van der Waals surface area contributed by atoms with Crippen molar-refractivity contribution in [3.8, 4) is 0 Å². The monoisotopic (exact) mass is 335 g/mol. The molecule has 1 aliphatic rings. The fourth-order valence-electron chi connectivity index (χ4n) is 2.54. The van der Waals surface area contributed by atoms with Crippen LogP contribution in [-0.4, -0.2) is 37.3 Å². The summed E-state index contributed by atoms with van der Waals surface area (Å²) in [6.07, 6.45) is 3.58. The van der Waals surface area contributed by atoms with Crippen LogP contribution in [0.5, 0.6) is 0 Å². The van der Waals surface area contributed by atoms with Crippen molar-refractivity contribution in [3.05, 3.63) is 24.3 Å². The summed E-state index contributed by atoms with van der Waals surface area (Å²) in [5.74, 6) is -0.0280. The van der Waals surface area contributed by atoms with Crippen molar-refractivity contribution in [1.82, 2.24) is 5.32 Å². The van der Waals surface area contributed by atoms with Gasteiger partial charge in [0.05, 0.1) is 24.6 Å². The molecule has 0 aromatic heterocycles. The number of ether oxygens (including phenoxy) is 1. The molecule has 0 saturated carbocycles. The minimum Gasteiger partial charge on any atom is -0.378 e. The average molecular weight is 335 g/mol. The minimum absolute atomic E-state index is 0.0280. The van der Waals surface area contributed by atoms with E-state index in [1.165, 1.54) is 0 Å². The molecule has 6 heteroatoms. The van der Waals surface area contributed by atoms with Crippen molar-refractivity contribution in [1.29, 1.82) is 0 Å². The van der Waals surface area contributed by atoms with Gasteiger partial charge in [-0.25, -0.2) is 0 Å². The highest BCUT2D eigenvalue weighted by Gasteiger charge is 2.15. The summed E-state index contributed by atoms with van der Waals surface area (Å²) < 4.78 is 5.40. The number of rotatable bonds is 6. The molecule has 1 heterocycles. The number of nitrogens with zero attached hydrogens (tertiary/aromatic N) is 1. The Hall–Kier alpha value is -1.66. The molecular weight excluding hydrogens is 310 g/mol. The van der Waals surface area contributed by atoms with Crippen molar-refractivity contribution < 1.29 is 9.53 Å². The summed E-state index contributed by atoms with van der Waals surface area (Å²) in [7, 11) is 0. The van der Waals surface area contributed by atoms with E-state index >= 15 is 0 Å². The second-order valence-corrected chi connectivity index (χ2v) is 5.98. The third kappa shape index (κ3) is 5.80. The Morgan fingerprint density at radius 1 is 1.26 bits per heavy atom. The number of para-hydroxylation sites is 2. The normalized spacial score (nSPS) is 14.4. The molecule has 1 aromatic rings. The first-order valence-corrected chi connectivity index (χ1v) is 8.64. The van der Waals surface area contributed by atoms with Crippen LogP contribution in [0.15, 0.2) is 24.3 Å². The smallest absolute Gasteiger partial charge is 0.226 e. The highest BCUT2D eigenvalue weighted by atomic mass is 32.1. The Labute approximate surface area is 143 Å². The topological polar surface area (TPSA) is 53.6 Å². The summed E-state index contributed by atoms with van der Waals surface area (Å²) in [4.78, 5) is 14.1. The van der Waals surface area contributed by atoms with Crippen LogP contribution in [0.3, 0.4) is 0 Å². The van der Waals surface area contributed by atoms with Gasteiger partial charge in [0.1, 0.15) is 0 Å². The Morgan fingerprint density at radius 2 is 2.00 bits per heavy atom. The molecule has 2 N–H and O–H groups in total. The van der Waals surface area contributed by atoms with Crippen LogP contribution in [0.4, 0.5) is 11.4 Å². The fourth-order valence-corrected chi connectivity index (χ4v) is 2.76. The molecule has 2 rings (SSSR count). The number of nitrogens with one attached hydrogen (secondary N) is 2. The zero-order chi connectivity index (χ0) is 16.5. The van der Waals surface area contributed by atoms with Crippen LogP contribution in [0.25, 0.3) is 0 Å². The molecule has 0 unspecified atom stereocenters. The number of unbranched alkanes of at least 4 members (excludes halogenated alkanes) is 2. The van der Waals surface area contributed by atoms with E-state index in [9.17, 15) is 4.79 Å². The fraction of sp³-hybridized carbons (Fsp3) is 0.529. The maximum absolute atomic E-state index is 11.8. The number of benzene rings is 1. The molecule has 1 aromatic carbocycles. The van der Waals surface area contributed by atoms with Gasteiger partial charge in [0.2, 0.25) is 5.91 Å². The summed E-state index contributed by atoms with van der Waals surface area (Å²) in [5, 5.41) is 6.26. The van der Waals surface area contributed by atoms with Crippen LogP contribution in [0, 0.1) is 0 Å². The zero-order valence-electron chi connectivity index (χ0n) is 13.6. The van der Waals surface area contributed by atoms with Gasteiger partial charge in [-0.2, -0.15) is 0 Å². The van der Waals surface area contributed by atoms with Gasteiger partial charge in [0, 0.05) is 19.5 Å². The van der Waals surface area contributed by atoms with Crippen molar-refractivity contribution in [2.24, 2.45) is 0 Å². The molecule has 23 heavy (non-hydrogen) atoms. The molecule has 5 nitrogen and oxygen atoms in total. The first kappa shape index (κ1) is 17.7. The number of carbonyl (C=O) groups is 1. The van der Waals surface area contributed by atoms with E-state index in [1.807, 2.05) is 18.2 Å². The number of hydrogen-bond donors (Lipinski definition) is 2. The largest absolute Gasteiger partial charge is 0.378 e. The van der Waals surface area contributed by atoms with E-state index in [1.54, 1.807) is 0 Å². The Kier molecular flexibility index (Phi) is 7.29. The summed E-state index contributed by atoms with van der Waals surface area (Å²) in [5.41, 5.74) is 1.99. The lowest BCUT2D eigenvalue weighted by molar-refractivity contribution is -0.119. The van der Waals surface area contributed by atoms with E-state index in [0.717, 1.165) is 56.9 Å². The molecule has 1 amide bonds. The lowest BCUT2D eigenvalue weighted by Gasteiger charge is -2.30. The predicted octanol–water partition coefficient (Wildman–Crippen LogP) is 2.92. The van der Waals surface area contributed by atoms with Gasteiger partial charge in [0.15, 0.2) is 5.11 Å². The van der Waals surface area contributed by atoms with Crippen LogP contribution >= 0.6 is 12.2 Å². The zero-order valence-corrected chi connectivity index (χ0v) is 14.5. The number of amides is 1. The van der Waals surface area contributed by atoms with Crippen LogP contribution in [-0.2, 0) is 9.53 Å². The van der Waals surface area contributed by atoms with E-state index in [-0.39, 0.29) is 5.91 Å². The lowest BCUT2D eigenvalue weighted by atomic mass is 10.2. The minimum atomic E-state index is -0.0280. The number of hydrogen-bond acceptors (Lipinski definition) is 4. The summed E-state index contributed by atoms with van der Waals surface area (Å²) in [6.45, 7) is 5.29. The average Bonchev–Trinajstić information content (AvgIpc) is 2.56. The van der Waals surface area contributed by atoms with Gasteiger partial charge in [-0.1, -0.05) is 31.9 Å². The second-order valence-electron chi connectivity index (χ2n) is 5.58.